The van der Waals surface area contributed by atoms with E-state index in [4.69, 9.17) is 4.74 Å². The van der Waals surface area contributed by atoms with Crippen molar-refractivity contribution in [2.45, 2.75) is 39.2 Å². The lowest BCUT2D eigenvalue weighted by Gasteiger charge is -2.34. The number of amides is 1. The minimum absolute atomic E-state index is 0.0414. The number of nitrogens with zero attached hydrogens (tertiary/aromatic N) is 2. The third-order valence-corrected chi connectivity index (χ3v) is 5.28. The van der Waals surface area contributed by atoms with Gasteiger partial charge in [0.1, 0.15) is 5.69 Å². The molecule has 3 atom stereocenters. The van der Waals surface area contributed by atoms with Gasteiger partial charge in [-0.1, -0.05) is 26.7 Å². The van der Waals surface area contributed by atoms with E-state index >= 15 is 0 Å². The highest BCUT2D eigenvalue weighted by Gasteiger charge is 2.28. The van der Waals surface area contributed by atoms with Crippen LogP contribution in [0.1, 0.15) is 43.5 Å². The molecule has 1 amide bonds. The molecule has 1 aromatic carbocycles. The highest BCUT2D eigenvalue weighted by molar-refractivity contribution is 5.93. The molecule has 1 aliphatic carbocycles. The number of benzene rings is 1. The molecule has 0 aliphatic heterocycles. The summed E-state index contributed by atoms with van der Waals surface area (Å²) < 4.78 is 5.04. The largest absolute Gasteiger partial charge is 0.452 e. The van der Waals surface area contributed by atoms with E-state index in [9.17, 15) is 19.7 Å². The molecule has 27 heavy (non-hydrogen) atoms. The molecule has 1 aliphatic rings. The summed E-state index contributed by atoms with van der Waals surface area (Å²) in [6, 6.07) is 4.19. The number of hydrogen-bond acceptors (Lipinski definition) is 6. The molecule has 1 saturated carbocycles. The number of anilines is 1. The molecule has 0 bridgehead atoms. The van der Waals surface area contributed by atoms with E-state index in [-0.39, 0.29) is 23.2 Å². The summed E-state index contributed by atoms with van der Waals surface area (Å²) in [6.07, 6.45) is 3.14. The van der Waals surface area contributed by atoms with Crippen molar-refractivity contribution in [2.75, 3.05) is 25.6 Å². The topological polar surface area (TPSA) is 102 Å². The summed E-state index contributed by atoms with van der Waals surface area (Å²) in [5.74, 6) is -0.195. The van der Waals surface area contributed by atoms with Gasteiger partial charge in [-0.25, -0.2) is 4.79 Å². The van der Waals surface area contributed by atoms with E-state index in [2.05, 4.69) is 19.2 Å². The van der Waals surface area contributed by atoms with Crippen LogP contribution in [0, 0.1) is 22.0 Å². The van der Waals surface area contributed by atoms with Crippen molar-refractivity contribution >= 4 is 23.3 Å². The molecule has 0 radical (unpaired) electrons. The summed E-state index contributed by atoms with van der Waals surface area (Å²) in [5, 5.41) is 14.1. The van der Waals surface area contributed by atoms with Crippen LogP contribution in [0.15, 0.2) is 18.2 Å². The number of carbonyl (C=O) groups is 2. The molecule has 1 aromatic rings. The number of ether oxygens (including phenoxy) is 1. The molecular formula is C19H27N3O5. The zero-order chi connectivity index (χ0) is 20.1. The molecule has 8 nitrogen and oxygen atoms in total. The predicted molar refractivity (Wildman–Crippen MR) is 102 cm³/mol. The van der Waals surface area contributed by atoms with Gasteiger partial charge < -0.3 is 15.0 Å². The minimum atomic E-state index is -0.761. The Hall–Kier alpha value is -2.64. The Kier molecular flexibility index (Phi) is 6.76. The van der Waals surface area contributed by atoms with Crippen LogP contribution in [0.3, 0.4) is 0 Å². The fraction of sp³-hybridized carbons (Fsp3) is 0.579. The maximum Gasteiger partial charge on any atom is 0.338 e. The predicted octanol–water partition coefficient (Wildman–Crippen LogP) is 2.76. The van der Waals surface area contributed by atoms with Gasteiger partial charge in [-0.15, -0.1) is 0 Å². The molecule has 0 unspecified atom stereocenters. The lowest BCUT2D eigenvalue weighted by Crippen LogP contribution is -2.45. The van der Waals surface area contributed by atoms with Crippen molar-refractivity contribution < 1.29 is 19.2 Å². The molecule has 1 fully saturated rings. The second-order valence-corrected chi connectivity index (χ2v) is 7.37. The number of nitro groups is 1. The van der Waals surface area contributed by atoms with Crippen molar-refractivity contribution in [3.8, 4) is 0 Å². The molecule has 0 spiro atoms. The Bertz CT molecular complexity index is 719. The summed E-state index contributed by atoms with van der Waals surface area (Å²) in [6.45, 7) is 3.89. The first kappa shape index (κ1) is 20.7. The van der Waals surface area contributed by atoms with Gasteiger partial charge in [0, 0.05) is 26.2 Å². The Morgan fingerprint density at radius 1 is 1.30 bits per heavy atom. The average molecular weight is 377 g/mol. The maximum atomic E-state index is 12.2. The van der Waals surface area contributed by atoms with E-state index in [0.717, 1.165) is 19.3 Å². The second kappa shape index (κ2) is 8.83. The quantitative estimate of drug-likeness (QED) is 0.465. The van der Waals surface area contributed by atoms with Crippen molar-refractivity contribution in [2.24, 2.45) is 11.8 Å². The van der Waals surface area contributed by atoms with Crippen molar-refractivity contribution in [1.82, 2.24) is 5.32 Å². The van der Waals surface area contributed by atoms with Gasteiger partial charge >= 0.3 is 5.97 Å². The molecule has 1 N–H and O–H groups in total. The minimum Gasteiger partial charge on any atom is -0.452 e. The Labute approximate surface area is 159 Å². The van der Waals surface area contributed by atoms with Crippen LogP contribution in [0.25, 0.3) is 0 Å². The van der Waals surface area contributed by atoms with Crippen LogP contribution in [0.5, 0.6) is 0 Å². The Morgan fingerprint density at radius 3 is 2.63 bits per heavy atom. The average Bonchev–Trinajstić information content (AvgIpc) is 2.62. The van der Waals surface area contributed by atoms with Gasteiger partial charge in [-0.2, -0.15) is 0 Å². The van der Waals surface area contributed by atoms with Gasteiger partial charge in [-0.05, 0) is 30.4 Å². The Morgan fingerprint density at radius 2 is 2.00 bits per heavy atom. The zero-order valence-corrected chi connectivity index (χ0v) is 16.2. The van der Waals surface area contributed by atoms with Crippen LogP contribution in [0.4, 0.5) is 11.4 Å². The second-order valence-electron chi connectivity index (χ2n) is 7.37. The molecule has 0 heterocycles. The molecule has 148 valence electrons. The lowest BCUT2D eigenvalue weighted by molar-refractivity contribution is -0.384. The van der Waals surface area contributed by atoms with Gasteiger partial charge in [0.15, 0.2) is 6.61 Å². The van der Waals surface area contributed by atoms with Gasteiger partial charge in [0.05, 0.1) is 10.5 Å². The van der Waals surface area contributed by atoms with Crippen LogP contribution >= 0.6 is 0 Å². The number of esters is 1. The van der Waals surface area contributed by atoms with Crippen molar-refractivity contribution in [3.05, 3.63) is 33.9 Å². The third kappa shape index (κ3) is 5.18. The molecular weight excluding hydrogens is 350 g/mol. The van der Waals surface area contributed by atoms with Crippen LogP contribution < -0.4 is 10.2 Å². The normalized spacial score (nSPS) is 22.0. The first-order chi connectivity index (χ1) is 12.7. The Balaban J connectivity index is 1.96. The van der Waals surface area contributed by atoms with Gasteiger partial charge in [0.25, 0.3) is 11.6 Å². The highest BCUT2D eigenvalue weighted by Crippen LogP contribution is 2.30. The number of hydrogen-bond donors (Lipinski definition) is 1. The number of nitrogens with one attached hydrogen (secondary N) is 1. The van der Waals surface area contributed by atoms with E-state index in [1.165, 1.54) is 18.2 Å². The van der Waals surface area contributed by atoms with E-state index < -0.39 is 17.5 Å². The molecule has 0 saturated heterocycles. The number of rotatable bonds is 6. The number of carbonyl (C=O) groups excluding carboxylic acids is 2. The van der Waals surface area contributed by atoms with E-state index in [1.807, 2.05) is 0 Å². The molecule has 8 heteroatoms. The summed E-state index contributed by atoms with van der Waals surface area (Å²) in [7, 11) is 3.36. The maximum absolute atomic E-state index is 12.2. The van der Waals surface area contributed by atoms with Gasteiger partial charge in [-0.3, -0.25) is 14.9 Å². The fourth-order valence-corrected chi connectivity index (χ4v) is 3.42. The number of nitro benzene ring substituents is 1. The first-order valence-corrected chi connectivity index (χ1v) is 9.13. The van der Waals surface area contributed by atoms with Crippen molar-refractivity contribution in [3.63, 3.8) is 0 Å². The molecule has 0 aromatic heterocycles. The fourth-order valence-electron chi connectivity index (χ4n) is 3.42. The van der Waals surface area contributed by atoms with Crippen LogP contribution in [0.2, 0.25) is 0 Å². The third-order valence-electron chi connectivity index (χ3n) is 5.28. The summed E-state index contributed by atoms with van der Waals surface area (Å²) >= 11 is 0. The zero-order valence-electron chi connectivity index (χ0n) is 16.2. The highest BCUT2D eigenvalue weighted by atomic mass is 16.6. The SMILES string of the molecule is C[C@@H]1[C@H](C)CCC[C@H]1NC(=O)COC(=O)c1ccc(N(C)C)c([N+](=O)[O-])c1. The summed E-state index contributed by atoms with van der Waals surface area (Å²) in [5.41, 5.74) is 0.235. The lowest BCUT2D eigenvalue weighted by atomic mass is 9.78. The van der Waals surface area contributed by atoms with Crippen LogP contribution in [-0.4, -0.2) is 43.5 Å². The smallest absolute Gasteiger partial charge is 0.338 e. The monoisotopic (exact) mass is 377 g/mol. The van der Waals surface area contributed by atoms with E-state index in [0.29, 0.717) is 17.5 Å². The van der Waals surface area contributed by atoms with E-state index in [1.54, 1.807) is 19.0 Å². The molecule has 2 rings (SSSR count). The van der Waals surface area contributed by atoms with Gasteiger partial charge in [0.2, 0.25) is 0 Å². The summed E-state index contributed by atoms with van der Waals surface area (Å²) in [4.78, 5) is 36.5. The first-order valence-electron chi connectivity index (χ1n) is 9.13. The standard InChI is InChI=1S/C19H27N3O5/c1-12-6-5-7-15(13(12)2)20-18(23)11-27-19(24)14-8-9-16(21(3)4)17(10-14)22(25)26/h8-10,12-13,15H,5-7,11H2,1-4H3,(H,20,23)/t12-,13-,15-/m1/s1. The van der Waals surface area contributed by atoms with Crippen LogP contribution in [-0.2, 0) is 9.53 Å². The van der Waals surface area contributed by atoms with Crippen molar-refractivity contribution in [1.29, 1.82) is 0 Å².